The highest BCUT2D eigenvalue weighted by Crippen LogP contribution is 2.38. The summed E-state index contributed by atoms with van der Waals surface area (Å²) in [5.74, 6) is -5.95. The number of methoxy groups -OCH3 is 2. The summed E-state index contributed by atoms with van der Waals surface area (Å²) in [4.78, 5) is 156. The lowest BCUT2D eigenvalue weighted by Crippen LogP contribution is -2.58. The van der Waals surface area contributed by atoms with E-state index in [4.69, 9.17) is 63.4 Å². The normalized spacial score (nSPS) is 26.0. The van der Waals surface area contributed by atoms with E-state index >= 15 is 0 Å². The van der Waals surface area contributed by atoms with Gasteiger partial charge >= 0.3 is 12.1 Å². The molecule has 3 saturated heterocycles. The lowest BCUT2D eigenvalue weighted by atomic mass is 9.83. The highest BCUT2D eigenvalue weighted by atomic mass is 16.6. The minimum Gasteiger partial charge on any atom is -0.460 e. The van der Waals surface area contributed by atoms with E-state index in [-0.39, 0.29) is 93.1 Å². The number of rotatable bonds is 27. The number of esters is 1. The maximum Gasteiger partial charge on any atom is 0.410 e. The number of aromatic nitrogens is 10. The number of hydrogen-bond acceptors (Lipinski definition) is 30. The zero-order valence-corrected chi connectivity index (χ0v) is 78.0. The molecule has 10 atom stereocenters. The second-order valence-electron chi connectivity index (χ2n) is 36.3. The summed E-state index contributed by atoms with van der Waals surface area (Å²) < 4.78 is 54.6. The fourth-order valence-corrected chi connectivity index (χ4v) is 18.9. The van der Waals surface area contributed by atoms with E-state index in [9.17, 15) is 48.6 Å². The molecule has 7 aromatic rings. The number of ketones is 3. The number of aliphatic hydroxyl groups excluding tert-OH is 1. The molecule has 1 saturated carbocycles. The van der Waals surface area contributed by atoms with Crippen molar-refractivity contribution < 1.29 is 91.2 Å². The highest BCUT2D eigenvalue weighted by Gasteiger charge is 2.50. The van der Waals surface area contributed by atoms with Crippen LogP contribution in [0.1, 0.15) is 176 Å². The molecular weight excluding hydrogens is 1720 g/mol. The number of pyridine rings is 1. The Labute approximate surface area is 780 Å². The van der Waals surface area contributed by atoms with Gasteiger partial charge in [0.25, 0.3) is 17.6 Å². The molecule has 1 aromatic carbocycles. The van der Waals surface area contributed by atoms with Crippen LogP contribution in [-0.2, 0) is 104 Å². The number of piperazine rings is 1. The van der Waals surface area contributed by atoms with E-state index in [0.29, 0.717) is 228 Å². The SMILES string of the molecule is CO[C@H]1CC2CCC[C@@](O)(O2)C(=O)C(=O)N2CCCC[C@H]2C(=O)O[C@H](CC[C@H]2CC[C@H](OC(=O)N3CCc4nc(N5CCN(c6ncc(C(=O)NCCOCCOCCOCCOCCC(=O)N7CCc8cc(Cn9nc(-c%10cnc%11[nH]ccc%11c%10)c%10c(N)ncnc%109)ccc8C7)cn6)CC5)ncc4C3)CC2)CC(=O)[C@H](C)/C=C(\C)[C@@H](O)[C@@H](OC)C(=O)[C@H](C)C[C@H](C)/C=C/C=C/C=C/1C. The van der Waals surface area contributed by atoms with E-state index in [1.54, 1.807) is 44.3 Å². The molecule has 36 heteroatoms. The van der Waals surface area contributed by atoms with Gasteiger partial charge in [0, 0.05) is 158 Å². The van der Waals surface area contributed by atoms with Crippen molar-refractivity contribution in [3.63, 3.8) is 0 Å². The van der Waals surface area contributed by atoms with E-state index < -0.39 is 77.9 Å². The summed E-state index contributed by atoms with van der Waals surface area (Å²) >= 11 is 0. The van der Waals surface area contributed by atoms with Crippen LogP contribution in [0.4, 0.5) is 22.5 Å². The van der Waals surface area contributed by atoms with Gasteiger partial charge in [-0.3, -0.25) is 28.8 Å². The summed E-state index contributed by atoms with van der Waals surface area (Å²) in [5, 5.41) is 33.0. The first-order valence-electron chi connectivity index (χ1n) is 47.3. The Kier molecular flexibility index (Phi) is 34.9. The Hall–Kier alpha value is -11.2. The van der Waals surface area contributed by atoms with Crippen molar-refractivity contribution in [3.8, 4) is 11.3 Å². The summed E-state index contributed by atoms with van der Waals surface area (Å²) in [6.07, 6.45) is 23.3. The van der Waals surface area contributed by atoms with Crippen LogP contribution in [0.3, 0.4) is 0 Å². The molecule has 7 aliphatic rings. The molecule has 134 heavy (non-hydrogen) atoms. The van der Waals surface area contributed by atoms with Gasteiger partial charge in [-0.15, -0.1) is 0 Å². The van der Waals surface area contributed by atoms with Gasteiger partial charge < -0.3 is 93.4 Å². The van der Waals surface area contributed by atoms with Crippen LogP contribution < -0.4 is 20.9 Å². The van der Waals surface area contributed by atoms with Crippen molar-refractivity contribution in [1.29, 1.82) is 0 Å². The van der Waals surface area contributed by atoms with Gasteiger partial charge in [0.05, 0.1) is 101 Å². The van der Waals surface area contributed by atoms with E-state index in [0.717, 1.165) is 51.0 Å². The standard InChI is InChI=1S/C98H129N17O19/c1-62-14-9-8-10-15-63(2)81(126-6)53-77-16-13-30-98(125,134-77)88(120)93(122)114-33-12-11-17-79(114)94(123)132-76(52-80(116)64(3)49-66(5)86(119)87(127-7)85(118)65(4)48-62)25-21-67-19-23-75(24-20-67)133-97(124)113-35-28-78-74(60-113)57-105-96(108-78)111-38-36-110(37-39-111)95-103-55-73(56-104-95)92(121)101-32-41-129-43-45-131-47-46-130-44-42-128-40-29-82(117)112-34-27-69-50-68(18-22-71(69)59-112)58-115-91-83(89(99)106-61-107-91)84(109-115)72-51-70-26-31-100-90(70)102-54-72/h8-10,14-15,18,22,26,31,49-51,54-57,61-62,64-65,67,75-77,79,81,86-87,119,125H,11-13,16-17,19-21,23-25,27-30,32-48,52-53,58-60H2,1-7H3,(H,100,102)(H,101,121)(H2,99,106,107)/b10-8+,14-9+,63-15+,66-49+/t62-,64-,65-,67-,75-,76-,77?,79+,81+,86-,87+,98-/m1/s1. The summed E-state index contributed by atoms with van der Waals surface area (Å²) in [5.41, 5.74) is 15.9. The second-order valence-corrected chi connectivity index (χ2v) is 36.3. The maximum atomic E-state index is 14.6. The van der Waals surface area contributed by atoms with Crippen LogP contribution in [0, 0.1) is 23.7 Å². The molecule has 6 aromatic heterocycles. The van der Waals surface area contributed by atoms with Gasteiger partial charge in [-0.1, -0.05) is 75.4 Å². The number of benzene rings is 1. The number of nitrogen functional groups attached to an aromatic ring is 1. The number of nitrogens with two attached hydrogens (primary N) is 1. The minimum absolute atomic E-state index is 0.0120. The number of allylic oxidation sites excluding steroid dienone is 6. The number of ether oxygens (including phenoxy) is 9. The van der Waals surface area contributed by atoms with Gasteiger partial charge in [-0.2, -0.15) is 5.10 Å². The van der Waals surface area contributed by atoms with Crippen LogP contribution in [-0.4, -0.2) is 290 Å². The third-order valence-electron chi connectivity index (χ3n) is 26.7. The first-order valence-corrected chi connectivity index (χ1v) is 47.3. The Morgan fingerprint density at radius 1 is 0.701 bits per heavy atom. The van der Waals surface area contributed by atoms with Crippen LogP contribution in [0.2, 0.25) is 0 Å². The molecule has 12 heterocycles. The Balaban J connectivity index is 0.462. The Morgan fingerprint density at radius 3 is 2.18 bits per heavy atom. The molecule has 36 nitrogen and oxygen atoms in total. The third kappa shape index (κ3) is 25.7. The number of H-pyrrole nitrogens is 1. The van der Waals surface area contributed by atoms with Gasteiger partial charge in [0.1, 0.15) is 59.7 Å². The summed E-state index contributed by atoms with van der Waals surface area (Å²) in [6, 6.07) is 9.15. The molecule has 720 valence electrons. The number of cyclic esters (lactones) is 1. The number of nitrogens with one attached hydrogen (secondary N) is 2. The largest absolute Gasteiger partial charge is 0.460 e. The number of amides is 4. The first-order chi connectivity index (χ1) is 64.9. The van der Waals surface area contributed by atoms with Crippen molar-refractivity contribution in [3.05, 3.63) is 149 Å². The zero-order chi connectivity index (χ0) is 94.4. The molecule has 6 N–H and O–H groups in total. The molecule has 14 rings (SSSR count). The molecule has 4 fully saturated rings. The molecule has 6 aliphatic heterocycles. The fourth-order valence-electron chi connectivity index (χ4n) is 18.9. The lowest BCUT2D eigenvalue weighted by Gasteiger charge is -2.39. The van der Waals surface area contributed by atoms with Crippen LogP contribution in [0.15, 0.2) is 115 Å². The fraction of sp³-hybridized carbons (Fsp3) is 0.571. The van der Waals surface area contributed by atoms with Gasteiger partial charge in [-0.25, -0.2) is 49.2 Å². The number of hydrogen-bond donors (Lipinski definition) is 5. The van der Waals surface area contributed by atoms with Crippen molar-refractivity contribution in [2.45, 2.75) is 218 Å². The van der Waals surface area contributed by atoms with Gasteiger partial charge in [0.2, 0.25) is 23.6 Å². The highest BCUT2D eigenvalue weighted by molar-refractivity contribution is 6.39. The second kappa shape index (κ2) is 47.3. The number of fused-ring (bicyclic) bond motifs is 7. The third-order valence-corrected chi connectivity index (χ3v) is 26.7. The van der Waals surface area contributed by atoms with Gasteiger partial charge in [-0.05, 0) is 149 Å². The lowest BCUT2D eigenvalue weighted by molar-refractivity contribution is -0.245. The van der Waals surface area contributed by atoms with Crippen LogP contribution >= 0.6 is 0 Å². The number of carbonyl (C=O) groups excluding carboxylic acids is 8. The number of carbonyl (C=O) groups is 8. The topological polar surface area (TPSA) is 438 Å². The maximum absolute atomic E-state index is 14.6. The van der Waals surface area contributed by atoms with Crippen molar-refractivity contribution >= 4 is 86.9 Å². The van der Waals surface area contributed by atoms with E-state index in [1.807, 2.05) is 84.0 Å². The molecule has 0 radical (unpaired) electrons. The summed E-state index contributed by atoms with van der Waals surface area (Å²) in [6.45, 7) is 16.8. The average Bonchev–Trinajstić information content (AvgIpc) is 1.61. The molecule has 4 amide bonds. The zero-order valence-electron chi connectivity index (χ0n) is 78.0. The van der Waals surface area contributed by atoms with Crippen LogP contribution in [0.5, 0.6) is 0 Å². The minimum atomic E-state index is -2.43. The predicted octanol–water partition coefficient (Wildman–Crippen LogP) is 9.26. The van der Waals surface area contributed by atoms with Crippen molar-refractivity contribution in [2.24, 2.45) is 23.7 Å². The molecular formula is C98H129N17O19. The molecule has 1 unspecified atom stereocenters. The van der Waals surface area contributed by atoms with Crippen molar-refractivity contribution in [2.75, 3.05) is 135 Å². The number of piperidine rings is 1. The number of aliphatic hydroxyl groups is 2. The van der Waals surface area contributed by atoms with Crippen LogP contribution in [0.25, 0.3) is 33.3 Å². The van der Waals surface area contributed by atoms with Crippen molar-refractivity contribution in [1.82, 2.24) is 69.7 Å². The molecule has 0 spiro atoms. The first kappa shape index (κ1) is 98.8. The number of anilines is 3. The average molecular weight is 1850 g/mol. The number of nitrogens with zero attached hydrogens (tertiary/aromatic N) is 14. The smallest absolute Gasteiger partial charge is 0.410 e. The Morgan fingerprint density at radius 2 is 1.43 bits per heavy atom. The number of aromatic amines is 1. The van der Waals surface area contributed by atoms with Gasteiger partial charge in [0.15, 0.2) is 11.4 Å². The molecule has 2 bridgehead atoms. The molecule has 1 aliphatic carbocycles. The quantitative estimate of drug-likeness (QED) is 0.0138. The predicted molar refractivity (Wildman–Crippen MR) is 496 cm³/mol. The summed E-state index contributed by atoms with van der Waals surface area (Å²) in [7, 11) is 2.94. The number of Topliss-reactive ketones (excluding diaryl/α,β-unsaturated/α-hetero) is 3. The van der Waals surface area contributed by atoms with E-state index in [1.165, 1.54) is 36.3 Å². The van der Waals surface area contributed by atoms with E-state index in [2.05, 4.69) is 58.3 Å². The Bertz CT molecular complexity index is 5360. The monoisotopic (exact) mass is 1850 g/mol.